The Morgan fingerprint density at radius 2 is 1.67 bits per heavy atom. The quantitative estimate of drug-likeness (QED) is 0.714. The molecule has 0 saturated heterocycles. The van der Waals surface area contributed by atoms with Gasteiger partial charge in [-0.15, -0.1) is 0 Å². The van der Waals surface area contributed by atoms with Crippen molar-refractivity contribution in [3.8, 4) is 17.2 Å². The maximum absolute atomic E-state index is 11.4. The number of hydrogen-bond acceptors (Lipinski definition) is 4. The van der Waals surface area contributed by atoms with Crippen molar-refractivity contribution in [2.24, 2.45) is 0 Å². The second kappa shape index (κ2) is 6.42. The SMILES string of the molecule is COc1cc(C=O)ccc1Oc1ccc(C(=O)O)c2ccccc12. The Bertz CT molecular complexity index is 930. The standard InChI is InChI=1S/C19H14O5/c1-23-18-10-12(11-20)6-8-17(18)24-16-9-7-15(19(21)22)13-4-2-3-5-14(13)16/h2-11H,1H3,(H,21,22). The van der Waals surface area contributed by atoms with Crippen LogP contribution in [0.15, 0.2) is 54.6 Å². The predicted molar refractivity (Wildman–Crippen MR) is 89.4 cm³/mol. The first-order chi connectivity index (χ1) is 11.6. The zero-order chi connectivity index (χ0) is 17.1. The molecule has 0 heterocycles. The molecule has 120 valence electrons. The summed E-state index contributed by atoms with van der Waals surface area (Å²) >= 11 is 0. The Balaban J connectivity index is 2.10. The van der Waals surface area contributed by atoms with E-state index in [9.17, 15) is 14.7 Å². The Morgan fingerprint density at radius 3 is 2.33 bits per heavy atom. The summed E-state index contributed by atoms with van der Waals surface area (Å²) in [6, 6.07) is 15.1. The minimum atomic E-state index is -0.995. The molecule has 3 rings (SSSR count). The molecule has 0 atom stereocenters. The van der Waals surface area contributed by atoms with Crippen LogP contribution in [0, 0.1) is 0 Å². The van der Waals surface area contributed by atoms with Crippen LogP contribution in [0.5, 0.6) is 17.2 Å². The van der Waals surface area contributed by atoms with Crippen molar-refractivity contribution in [1.82, 2.24) is 0 Å². The number of rotatable bonds is 5. The van der Waals surface area contributed by atoms with Crippen LogP contribution >= 0.6 is 0 Å². The van der Waals surface area contributed by atoms with Crippen LogP contribution in [0.2, 0.25) is 0 Å². The molecule has 0 saturated carbocycles. The third-order valence-electron chi connectivity index (χ3n) is 3.66. The average Bonchev–Trinajstić information content (AvgIpc) is 2.62. The summed E-state index contributed by atoms with van der Waals surface area (Å²) in [5, 5.41) is 10.6. The molecule has 1 N–H and O–H groups in total. The molecular weight excluding hydrogens is 308 g/mol. The average molecular weight is 322 g/mol. The van der Waals surface area contributed by atoms with E-state index in [1.165, 1.54) is 13.2 Å². The lowest BCUT2D eigenvalue weighted by atomic mass is 10.0. The van der Waals surface area contributed by atoms with E-state index in [1.54, 1.807) is 42.5 Å². The third-order valence-corrected chi connectivity index (χ3v) is 3.66. The van der Waals surface area contributed by atoms with E-state index >= 15 is 0 Å². The van der Waals surface area contributed by atoms with Crippen molar-refractivity contribution in [2.45, 2.75) is 0 Å². The number of fused-ring (bicyclic) bond motifs is 1. The number of aldehydes is 1. The number of carboxylic acids is 1. The number of ether oxygens (including phenoxy) is 2. The minimum Gasteiger partial charge on any atom is -0.493 e. The molecule has 0 aromatic heterocycles. The monoisotopic (exact) mass is 322 g/mol. The zero-order valence-corrected chi connectivity index (χ0v) is 12.9. The fourth-order valence-electron chi connectivity index (χ4n) is 2.51. The Kier molecular flexibility index (Phi) is 4.16. The molecule has 0 fully saturated rings. The van der Waals surface area contributed by atoms with Crippen LogP contribution in [0.1, 0.15) is 20.7 Å². The van der Waals surface area contributed by atoms with Gasteiger partial charge >= 0.3 is 5.97 Å². The van der Waals surface area contributed by atoms with Gasteiger partial charge in [0, 0.05) is 10.9 Å². The van der Waals surface area contributed by atoms with Gasteiger partial charge in [0.25, 0.3) is 0 Å². The normalized spacial score (nSPS) is 10.4. The van der Waals surface area contributed by atoms with E-state index < -0.39 is 5.97 Å². The molecule has 0 radical (unpaired) electrons. The lowest BCUT2D eigenvalue weighted by Crippen LogP contribution is -1.98. The molecular formula is C19H14O5. The van der Waals surface area contributed by atoms with Gasteiger partial charge < -0.3 is 14.6 Å². The topological polar surface area (TPSA) is 72.8 Å². The lowest BCUT2D eigenvalue weighted by molar-refractivity contribution is 0.0699. The number of carbonyl (C=O) groups excluding carboxylic acids is 1. The maximum Gasteiger partial charge on any atom is 0.336 e. The van der Waals surface area contributed by atoms with Crippen molar-refractivity contribution in [1.29, 1.82) is 0 Å². The summed E-state index contributed by atoms with van der Waals surface area (Å²) in [6.45, 7) is 0. The third kappa shape index (κ3) is 2.79. The number of aromatic carboxylic acids is 1. The molecule has 0 aliphatic rings. The first-order valence-corrected chi connectivity index (χ1v) is 7.20. The highest BCUT2D eigenvalue weighted by Gasteiger charge is 2.14. The van der Waals surface area contributed by atoms with Crippen molar-refractivity contribution in [3.63, 3.8) is 0 Å². The second-order valence-corrected chi connectivity index (χ2v) is 5.09. The van der Waals surface area contributed by atoms with Crippen molar-refractivity contribution >= 4 is 23.0 Å². The summed E-state index contributed by atoms with van der Waals surface area (Å²) in [7, 11) is 1.49. The summed E-state index contributed by atoms with van der Waals surface area (Å²) in [5.74, 6) is 0.376. The first kappa shape index (κ1) is 15.6. The predicted octanol–water partition coefficient (Wildman–Crippen LogP) is 4.15. The molecule has 3 aromatic carbocycles. The zero-order valence-electron chi connectivity index (χ0n) is 12.9. The van der Waals surface area contributed by atoms with Crippen LogP contribution in [0.4, 0.5) is 0 Å². The van der Waals surface area contributed by atoms with Gasteiger partial charge in [0.15, 0.2) is 11.5 Å². The van der Waals surface area contributed by atoms with Gasteiger partial charge in [0.05, 0.1) is 12.7 Å². The van der Waals surface area contributed by atoms with Gasteiger partial charge in [-0.2, -0.15) is 0 Å². The van der Waals surface area contributed by atoms with Crippen LogP contribution < -0.4 is 9.47 Å². The molecule has 0 unspecified atom stereocenters. The minimum absolute atomic E-state index is 0.209. The smallest absolute Gasteiger partial charge is 0.336 e. The van der Waals surface area contributed by atoms with E-state index in [0.717, 1.165) is 6.29 Å². The molecule has 5 nitrogen and oxygen atoms in total. The summed E-state index contributed by atoms with van der Waals surface area (Å²) in [4.78, 5) is 22.2. The van der Waals surface area contributed by atoms with Crippen LogP contribution in [-0.2, 0) is 0 Å². The fraction of sp³-hybridized carbons (Fsp3) is 0.0526. The molecule has 24 heavy (non-hydrogen) atoms. The van der Waals surface area contributed by atoms with Gasteiger partial charge in [0.2, 0.25) is 0 Å². The summed E-state index contributed by atoms with van der Waals surface area (Å²) < 4.78 is 11.2. The molecule has 5 heteroatoms. The molecule has 0 aliphatic heterocycles. The van der Waals surface area contributed by atoms with Crippen molar-refractivity contribution in [3.05, 3.63) is 65.7 Å². The van der Waals surface area contributed by atoms with Crippen molar-refractivity contribution in [2.75, 3.05) is 7.11 Å². The summed E-state index contributed by atoms with van der Waals surface area (Å²) in [6.07, 6.45) is 0.726. The Morgan fingerprint density at radius 1 is 0.958 bits per heavy atom. The number of hydrogen-bond donors (Lipinski definition) is 1. The number of methoxy groups -OCH3 is 1. The highest BCUT2D eigenvalue weighted by Crippen LogP contribution is 2.36. The molecule has 0 aliphatic carbocycles. The first-order valence-electron chi connectivity index (χ1n) is 7.20. The van der Waals surface area contributed by atoms with E-state index in [0.29, 0.717) is 33.6 Å². The van der Waals surface area contributed by atoms with Gasteiger partial charge in [-0.05, 0) is 35.7 Å². The molecule has 3 aromatic rings. The van der Waals surface area contributed by atoms with Crippen LogP contribution in [0.3, 0.4) is 0 Å². The van der Waals surface area contributed by atoms with Crippen LogP contribution in [-0.4, -0.2) is 24.5 Å². The van der Waals surface area contributed by atoms with Crippen molar-refractivity contribution < 1.29 is 24.2 Å². The Labute approximate surface area is 138 Å². The number of benzene rings is 3. The molecule has 0 spiro atoms. The molecule has 0 amide bonds. The number of carboxylic acid groups (broad SMARTS) is 1. The highest BCUT2D eigenvalue weighted by atomic mass is 16.5. The van der Waals surface area contributed by atoms with E-state index in [1.807, 2.05) is 6.07 Å². The fourth-order valence-corrected chi connectivity index (χ4v) is 2.51. The van der Waals surface area contributed by atoms with Gasteiger partial charge in [-0.1, -0.05) is 24.3 Å². The Hall–Kier alpha value is -3.34. The summed E-state index contributed by atoms with van der Waals surface area (Å²) in [5.41, 5.74) is 0.687. The van der Waals surface area contributed by atoms with Gasteiger partial charge in [0.1, 0.15) is 12.0 Å². The maximum atomic E-state index is 11.4. The van der Waals surface area contributed by atoms with Gasteiger partial charge in [-0.3, -0.25) is 4.79 Å². The lowest BCUT2D eigenvalue weighted by Gasteiger charge is -2.13. The molecule has 0 bridgehead atoms. The van der Waals surface area contributed by atoms with Crippen LogP contribution in [0.25, 0.3) is 10.8 Å². The van der Waals surface area contributed by atoms with E-state index in [4.69, 9.17) is 9.47 Å². The second-order valence-electron chi connectivity index (χ2n) is 5.09. The van der Waals surface area contributed by atoms with Gasteiger partial charge in [-0.25, -0.2) is 4.79 Å². The largest absolute Gasteiger partial charge is 0.493 e. The highest BCUT2D eigenvalue weighted by molar-refractivity contribution is 6.05. The number of carbonyl (C=O) groups is 2. The van der Waals surface area contributed by atoms with E-state index in [2.05, 4.69) is 0 Å². The van der Waals surface area contributed by atoms with E-state index in [-0.39, 0.29) is 5.56 Å².